The van der Waals surface area contributed by atoms with Gasteiger partial charge in [-0.05, 0) is 31.6 Å². The average Bonchev–Trinajstić information content (AvgIpc) is 2.69. The second-order valence-corrected chi connectivity index (χ2v) is 6.64. The van der Waals surface area contributed by atoms with E-state index in [0.29, 0.717) is 24.9 Å². The number of halogens is 1. The first-order chi connectivity index (χ1) is 6.54. The van der Waals surface area contributed by atoms with Gasteiger partial charge in [-0.1, -0.05) is 0 Å². The zero-order valence-electron chi connectivity index (χ0n) is 8.93. The fourth-order valence-electron chi connectivity index (χ4n) is 2.68. The van der Waals surface area contributed by atoms with Crippen LogP contribution in [0.1, 0.15) is 19.8 Å². The molecular weight excluding hydrogens is 236 g/mol. The molecule has 2 rings (SSSR count). The molecule has 1 saturated heterocycles. The molecule has 0 amide bonds. The van der Waals surface area contributed by atoms with Crippen molar-refractivity contribution in [3.8, 4) is 0 Å². The van der Waals surface area contributed by atoms with Crippen molar-refractivity contribution < 1.29 is 8.42 Å². The van der Waals surface area contributed by atoms with Crippen molar-refractivity contribution in [2.45, 2.75) is 25.8 Å². The molecule has 0 spiro atoms. The lowest BCUT2D eigenvalue weighted by Gasteiger charge is -2.17. The Kier molecular flexibility index (Phi) is 4.03. The maximum absolute atomic E-state index is 11.6. The quantitative estimate of drug-likeness (QED) is 0.777. The fourth-order valence-corrected chi connectivity index (χ4v) is 3.86. The van der Waals surface area contributed by atoms with Crippen molar-refractivity contribution in [2.24, 2.45) is 17.6 Å². The van der Waals surface area contributed by atoms with Crippen LogP contribution in [0.25, 0.3) is 0 Å². The van der Waals surface area contributed by atoms with Gasteiger partial charge in [-0.15, -0.1) is 12.4 Å². The summed E-state index contributed by atoms with van der Waals surface area (Å²) in [6, 6.07) is 0.219. The molecule has 0 radical (unpaired) electrons. The number of hydrogen-bond acceptors (Lipinski definition) is 3. The molecule has 2 fully saturated rings. The van der Waals surface area contributed by atoms with Crippen molar-refractivity contribution in [1.82, 2.24) is 4.31 Å². The van der Waals surface area contributed by atoms with E-state index >= 15 is 0 Å². The summed E-state index contributed by atoms with van der Waals surface area (Å²) in [5.74, 6) is 1.14. The molecule has 2 aliphatic rings. The van der Waals surface area contributed by atoms with E-state index in [1.807, 2.05) is 0 Å². The second kappa shape index (κ2) is 4.57. The van der Waals surface area contributed by atoms with Crippen LogP contribution in [0.3, 0.4) is 0 Å². The van der Waals surface area contributed by atoms with Gasteiger partial charge >= 0.3 is 0 Å². The van der Waals surface area contributed by atoms with Gasteiger partial charge in [0, 0.05) is 19.1 Å². The van der Waals surface area contributed by atoms with Crippen LogP contribution in [0, 0.1) is 11.8 Å². The third-order valence-electron chi connectivity index (χ3n) is 3.64. The van der Waals surface area contributed by atoms with Crippen LogP contribution < -0.4 is 5.73 Å². The minimum Gasteiger partial charge on any atom is -0.327 e. The Morgan fingerprint density at radius 1 is 1.33 bits per heavy atom. The molecule has 1 aliphatic carbocycles. The fraction of sp³-hybridized carbons (Fsp3) is 1.00. The highest BCUT2D eigenvalue weighted by atomic mass is 35.5. The number of rotatable bonds is 2. The molecule has 15 heavy (non-hydrogen) atoms. The van der Waals surface area contributed by atoms with Gasteiger partial charge in [0.2, 0.25) is 10.0 Å². The molecule has 0 aromatic carbocycles. The molecular formula is C9H19ClN2O2S. The number of sulfonamides is 1. The zero-order valence-corrected chi connectivity index (χ0v) is 10.6. The minimum atomic E-state index is -2.99. The molecule has 0 aromatic heterocycles. The van der Waals surface area contributed by atoms with Crippen LogP contribution in [0.2, 0.25) is 0 Å². The lowest BCUT2D eigenvalue weighted by molar-refractivity contribution is 0.427. The van der Waals surface area contributed by atoms with E-state index in [4.69, 9.17) is 5.73 Å². The van der Waals surface area contributed by atoms with E-state index in [-0.39, 0.29) is 24.2 Å². The normalized spacial score (nSPS) is 36.3. The molecule has 3 unspecified atom stereocenters. The highest BCUT2D eigenvalue weighted by molar-refractivity contribution is 7.89. The standard InChI is InChI=1S/C9H18N2O2S.ClH/c1-2-14(12,13)11-5-7-3-4-9(10)8(7)6-11;/h7-9H,2-6,10H2,1H3;1H. The number of fused-ring (bicyclic) bond motifs is 1. The molecule has 1 saturated carbocycles. The molecule has 0 aromatic rings. The summed E-state index contributed by atoms with van der Waals surface area (Å²) in [4.78, 5) is 0. The van der Waals surface area contributed by atoms with Crippen molar-refractivity contribution in [1.29, 1.82) is 0 Å². The number of nitrogens with zero attached hydrogens (tertiary/aromatic N) is 1. The van der Waals surface area contributed by atoms with E-state index in [9.17, 15) is 8.42 Å². The smallest absolute Gasteiger partial charge is 0.213 e. The molecule has 1 aliphatic heterocycles. The Balaban J connectivity index is 0.00000112. The molecule has 1 heterocycles. The summed E-state index contributed by atoms with van der Waals surface area (Å²) in [5.41, 5.74) is 5.95. The number of nitrogens with two attached hydrogens (primary N) is 1. The van der Waals surface area contributed by atoms with Crippen LogP contribution in [-0.2, 0) is 10.0 Å². The Bertz CT molecular complexity index is 320. The first-order valence-electron chi connectivity index (χ1n) is 5.28. The monoisotopic (exact) mass is 254 g/mol. The third kappa shape index (κ3) is 2.30. The van der Waals surface area contributed by atoms with Crippen molar-refractivity contribution >= 4 is 22.4 Å². The lowest BCUT2D eigenvalue weighted by Crippen LogP contribution is -2.34. The summed E-state index contributed by atoms with van der Waals surface area (Å²) in [6.45, 7) is 3.06. The van der Waals surface area contributed by atoms with E-state index in [2.05, 4.69) is 0 Å². The van der Waals surface area contributed by atoms with Gasteiger partial charge < -0.3 is 5.73 Å². The Labute approximate surface area is 97.7 Å². The first-order valence-corrected chi connectivity index (χ1v) is 6.89. The van der Waals surface area contributed by atoms with Gasteiger partial charge in [-0.3, -0.25) is 0 Å². The van der Waals surface area contributed by atoms with Crippen LogP contribution in [0.4, 0.5) is 0 Å². The Morgan fingerprint density at radius 3 is 2.53 bits per heavy atom. The summed E-state index contributed by atoms with van der Waals surface area (Å²) in [5, 5.41) is 0. The zero-order chi connectivity index (χ0) is 10.3. The molecule has 3 atom stereocenters. The van der Waals surface area contributed by atoms with Crippen LogP contribution in [-0.4, -0.2) is 37.6 Å². The van der Waals surface area contributed by atoms with Crippen molar-refractivity contribution in [3.05, 3.63) is 0 Å². The van der Waals surface area contributed by atoms with Gasteiger partial charge in [0.15, 0.2) is 0 Å². The maximum Gasteiger partial charge on any atom is 0.213 e. The van der Waals surface area contributed by atoms with E-state index < -0.39 is 10.0 Å². The molecule has 2 N–H and O–H groups in total. The molecule has 6 heteroatoms. The lowest BCUT2D eigenvalue weighted by atomic mass is 9.98. The minimum absolute atomic E-state index is 0. The Hall–Kier alpha value is 0.160. The van der Waals surface area contributed by atoms with E-state index in [1.165, 1.54) is 0 Å². The van der Waals surface area contributed by atoms with E-state index in [1.54, 1.807) is 11.2 Å². The van der Waals surface area contributed by atoms with Gasteiger partial charge in [-0.2, -0.15) is 0 Å². The summed E-state index contributed by atoms with van der Waals surface area (Å²) >= 11 is 0. The van der Waals surface area contributed by atoms with E-state index in [0.717, 1.165) is 12.8 Å². The predicted octanol–water partition coefficient (Wildman–Crippen LogP) is 0.427. The third-order valence-corrected chi connectivity index (χ3v) is 5.45. The highest BCUT2D eigenvalue weighted by Crippen LogP contribution is 2.38. The maximum atomic E-state index is 11.6. The predicted molar refractivity (Wildman–Crippen MR) is 62.5 cm³/mol. The SMILES string of the molecule is CCS(=O)(=O)N1CC2CCC(N)C2C1.Cl. The van der Waals surface area contributed by atoms with Gasteiger partial charge in [0.05, 0.1) is 5.75 Å². The highest BCUT2D eigenvalue weighted by Gasteiger charge is 2.44. The van der Waals surface area contributed by atoms with Gasteiger partial charge in [0.25, 0.3) is 0 Å². The number of hydrogen-bond donors (Lipinski definition) is 1. The molecule has 0 bridgehead atoms. The van der Waals surface area contributed by atoms with Crippen LogP contribution in [0.15, 0.2) is 0 Å². The summed E-state index contributed by atoms with van der Waals surface area (Å²) in [7, 11) is -2.99. The summed E-state index contributed by atoms with van der Waals surface area (Å²) < 4.78 is 24.9. The molecule has 90 valence electrons. The van der Waals surface area contributed by atoms with Crippen molar-refractivity contribution in [2.75, 3.05) is 18.8 Å². The largest absolute Gasteiger partial charge is 0.327 e. The first kappa shape index (κ1) is 13.2. The van der Waals surface area contributed by atoms with Crippen LogP contribution in [0.5, 0.6) is 0 Å². The van der Waals surface area contributed by atoms with Crippen molar-refractivity contribution in [3.63, 3.8) is 0 Å². The van der Waals surface area contributed by atoms with Crippen LogP contribution >= 0.6 is 12.4 Å². The second-order valence-electron chi connectivity index (χ2n) is 4.38. The Morgan fingerprint density at radius 2 is 2.00 bits per heavy atom. The van der Waals surface area contributed by atoms with Gasteiger partial charge in [-0.25, -0.2) is 12.7 Å². The van der Waals surface area contributed by atoms with Gasteiger partial charge in [0.1, 0.15) is 0 Å². The molecule has 4 nitrogen and oxygen atoms in total. The topological polar surface area (TPSA) is 63.4 Å². The summed E-state index contributed by atoms with van der Waals surface area (Å²) in [6.07, 6.45) is 2.16. The average molecular weight is 255 g/mol.